The van der Waals surface area contributed by atoms with Crippen molar-refractivity contribution in [3.05, 3.63) is 100 Å². The van der Waals surface area contributed by atoms with Gasteiger partial charge in [0.2, 0.25) is 0 Å². The van der Waals surface area contributed by atoms with E-state index in [-0.39, 0.29) is 17.9 Å². The van der Waals surface area contributed by atoms with Crippen molar-refractivity contribution in [3.8, 4) is 11.5 Å². The average Bonchev–Trinajstić information content (AvgIpc) is 3.17. The van der Waals surface area contributed by atoms with E-state index in [1.54, 1.807) is 42.5 Å². The summed E-state index contributed by atoms with van der Waals surface area (Å²) >= 11 is 0. The average molecular weight is 500 g/mol. The molecule has 1 amide bonds. The van der Waals surface area contributed by atoms with Gasteiger partial charge in [0.25, 0.3) is 11.7 Å². The third-order valence-electron chi connectivity index (χ3n) is 6.57. The number of nitrogens with zero attached hydrogens (tertiary/aromatic N) is 1. The van der Waals surface area contributed by atoms with Gasteiger partial charge in [-0.3, -0.25) is 9.59 Å². The Labute approximate surface area is 213 Å². The molecule has 3 aromatic carbocycles. The highest BCUT2D eigenvalue weighted by Gasteiger charge is 2.46. The Kier molecular flexibility index (Phi) is 6.40. The van der Waals surface area contributed by atoms with Gasteiger partial charge in [0.15, 0.2) is 11.5 Å². The van der Waals surface area contributed by atoms with Crippen LogP contribution in [0.5, 0.6) is 11.5 Å². The number of aryl methyl sites for hydroxylation is 1. The molecule has 5 rings (SSSR count). The SMILES string of the molecule is COC(=O)c1ccc(CN2C(=O)C(=O)/C(=C(/O)c3ccc4c(c3)OCCO4)C2c2ccccc2C)cc1. The molecule has 1 fully saturated rings. The second kappa shape index (κ2) is 9.81. The predicted molar refractivity (Wildman–Crippen MR) is 134 cm³/mol. The van der Waals surface area contributed by atoms with E-state index < -0.39 is 23.7 Å². The molecule has 37 heavy (non-hydrogen) atoms. The van der Waals surface area contributed by atoms with Crippen molar-refractivity contribution in [2.24, 2.45) is 0 Å². The summed E-state index contributed by atoms with van der Waals surface area (Å²) in [6.45, 7) is 2.80. The number of aliphatic hydroxyl groups excluding tert-OH is 1. The second-order valence-electron chi connectivity index (χ2n) is 8.83. The standard InChI is InChI=1S/C29H25NO7/c1-17-5-3-4-6-21(17)25-24(26(31)20-11-12-22-23(15-20)37-14-13-36-22)27(32)28(33)30(25)16-18-7-9-19(10-8-18)29(34)35-2/h3-12,15,25,31H,13-14,16H2,1-2H3/b26-24+. The van der Waals surface area contributed by atoms with Crippen LogP contribution in [0.25, 0.3) is 5.76 Å². The topological polar surface area (TPSA) is 102 Å². The van der Waals surface area contributed by atoms with Gasteiger partial charge in [-0.2, -0.15) is 0 Å². The largest absolute Gasteiger partial charge is 0.507 e. The van der Waals surface area contributed by atoms with Crippen molar-refractivity contribution in [1.82, 2.24) is 4.90 Å². The van der Waals surface area contributed by atoms with Crippen molar-refractivity contribution in [2.75, 3.05) is 20.3 Å². The summed E-state index contributed by atoms with van der Waals surface area (Å²) in [5, 5.41) is 11.4. The summed E-state index contributed by atoms with van der Waals surface area (Å²) in [5.74, 6) is -1.23. The van der Waals surface area contributed by atoms with E-state index in [9.17, 15) is 19.5 Å². The third kappa shape index (κ3) is 4.42. The van der Waals surface area contributed by atoms with Gasteiger partial charge in [0.1, 0.15) is 19.0 Å². The minimum atomic E-state index is -0.810. The molecule has 8 nitrogen and oxygen atoms in total. The van der Waals surface area contributed by atoms with E-state index in [1.165, 1.54) is 12.0 Å². The van der Waals surface area contributed by atoms with Crippen LogP contribution >= 0.6 is 0 Å². The number of ether oxygens (including phenoxy) is 3. The van der Waals surface area contributed by atoms with Crippen LogP contribution in [-0.2, 0) is 20.9 Å². The quantitative estimate of drug-likeness (QED) is 0.243. The summed E-state index contributed by atoms with van der Waals surface area (Å²) in [6.07, 6.45) is 0. The van der Waals surface area contributed by atoms with Crippen LogP contribution in [0.4, 0.5) is 0 Å². The number of methoxy groups -OCH3 is 1. The monoisotopic (exact) mass is 499 g/mol. The zero-order valence-electron chi connectivity index (χ0n) is 20.4. The maximum atomic E-state index is 13.4. The van der Waals surface area contributed by atoms with Gasteiger partial charge in [0.05, 0.1) is 24.3 Å². The van der Waals surface area contributed by atoms with Crippen molar-refractivity contribution < 1.29 is 33.7 Å². The molecule has 8 heteroatoms. The van der Waals surface area contributed by atoms with Crippen LogP contribution in [0.3, 0.4) is 0 Å². The molecule has 0 aromatic heterocycles. The fraction of sp³-hybridized carbons (Fsp3) is 0.207. The molecule has 1 saturated heterocycles. The number of likely N-dealkylation sites (tertiary alicyclic amines) is 1. The van der Waals surface area contributed by atoms with Gasteiger partial charge in [-0.1, -0.05) is 36.4 Å². The number of hydrogen-bond acceptors (Lipinski definition) is 7. The molecule has 1 unspecified atom stereocenters. The van der Waals surface area contributed by atoms with E-state index >= 15 is 0 Å². The van der Waals surface area contributed by atoms with Gasteiger partial charge in [-0.05, 0) is 53.9 Å². The highest BCUT2D eigenvalue weighted by Crippen LogP contribution is 2.42. The molecule has 2 aliphatic rings. The highest BCUT2D eigenvalue weighted by atomic mass is 16.6. The van der Waals surface area contributed by atoms with Crippen LogP contribution < -0.4 is 9.47 Å². The molecule has 3 aromatic rings. The molecule has 0 saturated carbocycles. The number of carbonyl (C=O) groups excluding carboxylic acids is 3. The third-order valence-corrected chi connectivity index (χ3v) is 6.57. The number of aliphatic hydroxyl groups is 1. The fourth-order valence-electron chi connectivity index (χ4n) is 4.67. The van der Waals surface area contributed by atoms with E-state index in [2.05, 4.69) is 0 Å². The van der Waals surface area contributed by atoms with Crippen LogP contribution in [0, 0.1) is 6.92 Å². The number of carbonyl (C=O) groups is 3. The molecule has 188 valence electrons. The Morgan fingerprint density at radius 3 is 2.35 bits per heavy atom. The first kappa shape index (κ1) is 24.1. The minimum absolute atomic E-state index is 0.00200. The number of rotatable bonds is 5. The number of amides is 1. The number of ketones is 1. The molecular weight excluding hydrogens is 474 g/mol. The zero-order chi connectivity index (χ0) is 26.1. The molecule has 1 N–H and O–H groups in total. The van der Waals surface area contributed by atoms with Crippen molar-refractivity contribution in [2.45, 2.75) is 19.5 Å². The van der Waals surface area contributed by atoms with Crippen molar-refractivity contribution in [3.63, 3.8) is 0 Å². The van der Waals surface area contributed by atoms with Crippen LogP contribution in [0.1, 0.15) is 38.7 Å². The van der Waals surface area contributed by atoms with Gasteiger partial charge >= 0.3 is 5.97 Å². The molecule has 2 aliphatic heterocycles. The van der Waals surface area contributed by atoms with Gasteiger partial charge in [0, 0.05) is 12.1 Å². The first-order valence-electron chi connectivity index (χ1n) is 11.8. The van der Waals surface area contributed by atoms with Crippen LogP contribution in [0.2, 0.25) is 0 Å². The predicted octanol–water partition coefficient (Wildman–Crippen LogP) is 4.17. The maximum Gasteiger partial charge on any atom is 0.337 e. The summed E-state index contributed by atoms with van der Waals surface area (Å²) in [4.78, 5) is 39.9. The summed E-state index contributed by atoms with van der Waals surface area (Å²) < 4.78 is 15.9. The van der Waals surface area contributed by atoms with Crippen molar-refractivity contribution >= 4 is 23.4 Å². The Hall–Kier alpha value is -4.59. The lowest BCUT2D eigenvalue weighted by Crippen LogP contribution is -2.29. The first-order valence-corrected chi connectivity index (χ1v) is 11.8. The Morgan fingerprint density at radius 2 is 1.65 bits per heavy atom. The number of benzene rings is 3. The Morgan fingerprint density at radius 1 is 0.973 bits per heavy atom. The minimum Gasteiger partial charge on any atom is -0.507 e. The molecule has 0 bridgehead atoms. The molecule has 2 heterocycles. The van der Waals surface area contributed by atoms with Gasteiger partial charge < -0.3 is 24.2 Å². The Bertz CT molecular complexity index is 1420. The number of Topliss-reactive ketones (excluding diaryl/α,β-unsaturated/α-hetero) is 1. The lowest BCUT2D eigenvalue weighted by Gasteiger charge is -2.27. The molecule has 0 spiro atoms. The van der Waals surface area contributed by atoms with Gasteiger partial charge in [-0.15, -0.1) is 0 Å². The number of hydrogen-bond donors (Lipinski definition) is 1. The summed E-state index contributed by atoms with van der Waals surface area (Å²) in [5.41, 5.74) is 3.04. The molecule has 0 radical (unpaired) electrons. The smallest absolute Gasteiger partial charge is 0.337 e. The number of fused-ring (bicyclic) bond motifs is 1. The van der Waals surface area contributed by atoms with E-state index in [4.69, 9.17) is 14.2 Å². The van der Waals surface area contributed by atoms with E-state index in [0.29, 0.717) is 41.4 Å². The Balaban J connectivity index is 1.59. The van der Waals surface area contributed by atoms with E-state index in [1.807, 2.05) is 31.2 Å². The summed E-state index contributed by atoms with van der Waals surface area (Å²) in [6, 6.07) is 18.2. The molecule has 1 atom stereocenters. The summed E-state index contributed by atoms with van der Waals surface area (Å²) in [7, 11) is 1.31. The number of esters is 1. The normalized spacial score (nSPS) is 18.1. The van der Waals surface area contributed by atoms with Crippen LogP contribution in [-0.4, -0.2) is 48.0 Å². The van der Waals surface area contributed by atoms with Crippen molar-refractivity contribution in [1.29, 1.82) is 0 Å². The molecular formula is C29H25NO7. The second-order valence-corrected chi connectivity index (χ2v) is 8.83. The van der Waals surface area contributed by atoms with E-state index in [0.717, 1.165) is 11.1 Å². The maximum absolute atomic E-state index is 13.4. The van der Waals surface area contributed by atoms with Crippen LogP contribution in [0.15, 0.2) is 72.3 Å². The fourth-order valence-corrected chi connectivity index (χ4v) is 4.67. The first-order chi connectivity index (χ1) is 17.9. The lowest BCUT2D eigenvalue weighted by atomic mass is 9.92. The highest BCUT2D eigenvalue weighted by molar-refractivity contribution is 6.46. The lowest BCUT2D eigenvalue weighted by molar-refractivity contribution is -0.140. The molecule has 0 aliphatic carbocycles. The zero-order valence-corrected chi connectivity index (χ0v) is 20.4. The van der Waals surface area contributed by atoms with Gasteiger partial charge in [-0.25, -0.2) is 4.79 Å².